The number of nitrogens with one attached hydrogen (secondary N) is 1. The Hall–Kier alpha value is -1.56. The highest BCUT2D eigenvalue weighted by Gasteiger charge is 2.15. The molecular formula is C13H16BrNO4. The van der Waals surface area contributed by atoms with Crippen molar-refractivity contribution in [3.8, 4) is 5.75 Å². The second-order valence-corrected chi connectivity index (χ2v) is 4.95. The summed E-state index contributed by atoms with van der Waals surface area (Å²) >= 11 is 3.25. The highest BCUT2D eigenvalue weighted by Crippen LogP contribution is 2.28. The normalized spacial score (nSPS) is 10.1. The van der Waals surface area contributed by atoms with Crippen molar-refractivity contribution >= 4 is 27.8 Å². The standard InChI is InChI=1S/C13H16BrNO4/c1-8-6-9(14)7-10(13(17)18)12(8)19-5-3-4-11(16)15-2/h6-7H,3-5H2,1-2H3,(H,15,16)(H,17,18). The molecule has 0 saturated heterocycles. The van der Waals surface area contributed by atoms with Crippen LogP contribution in [-0.4, -0.2) is 30.6 Å². The molecule has 0 aromatic heterocycles. The molecule has 0 spiro atoms. The minimum Gasteiger partial charge on any atom is -0.492 e. The third-order valence-corrected chi connectivity index (χ3v) is 3.00. The molecule has 0 aliphatic heterocycles. The van der Waals surface area contributed by atoms with E-state index in [9.17, 15) is 9.59 Å². The molecule has 0 aliphatic carbocycles. The van der Waals surface area contributed by atoms with Gasteiger partial charge < -0.3 is 15.2 Å². The smallest absolute Gasteiger partial charge is 0.339 e. The first kappa shape index (κ1) is 15.5. The summed E-state index contributed by atoms with van der Waals surface area (Å²) in [5.41, 5.74) is 0.860. The lowest BCUT2D eigenvalue weighted by atomic mass is 10.1. The third-order valence-electron chi connectivity index (χ3n) is 2.54. The van der Waals surface area contributed by atoms with E-state index in [1.54, 1.807) is 20.0 Å². The first-order chi connectivity index (χ1) is 8.95. The van der Waals surface area contributed by atoms with Crippen molar-refractivity contribution in [3.05, 3.63) is 27.7 Å². The van der Waals surface area contributed by atoms with Crippen molar-refractivity contribution in [3.63, 3.8) is 0 Å². The number of hydrogen-bond acceptors (Lipinski definition) is 3. The van der Waals surface area contributed by atoms with Gasteiger partial charge in [-0.05, 0) is 31.0 Å². The third kappa shape index (κ3) is 4.55. The van der Waals surface area contributed by atoms with Crippen LogP contribution in [0.15, 0.2) is 16.6 Å². The van der Waals surface area contributed by atoms with Crippen molar-refractivity contribution in [1.82, 2.24) is 5.32 Å². The summed E-state index contributed by atoms with van der Waals surface area (Å²) in [6.45, 7) is 2.08. The van der Waals surface area contributed by atoms with E-state index in [-0.39, 0.29) is 11.5 Å². The topological polar surface area (TPSA) is 75.6 Å². The zero-order valence-electron chi connectivity index (χ0n) is 10.8. The predicted molar refractivity (Wildman–Crippen MR) is 74.6 cm³/mol. The van der Waals surface area contributed by atoms with E-state index in [1.807, 2.05) is 0 Å². The lowest BCUT2D eigenvalue weighted by Gasteiger charge is -2.12. The Bertz CT molecular complexity index is 488. The molecule has 5 nitrogen and oxygen atoms in total. The van der Waals surface area contributed by atoms with E-state index in [0.717, 1.165) is 5.56 Å². The van der Waals surface area contributed by atoms with E-state index < -0.39 is 5.97 Å². The molecule has 19 heavy (non-hydrogen) atoms. The second-order valence-electron chi connectivity index (χ2n) is 4.03. The van der Waals surface area contributed by atoms with E-state index >= 15 is 0 Å². The molecule has 104 valence electrons. The molecule has 0 aliphatic rings. The van der Waals surface area contributed by atoms with Gasteiger partial charge >= 0.3 is 5.97 Å². The van der Waals surface area contributed by atoms with Gasteiger partial charge in [0.25, 0.3) is 0 Å². The van der Waals surface area contributed by atoms with Gasteiger partial charge in [-0.1, -0.05) is 15.9 Å². The minimum absolute atomic E-state index is 0.0606. The highest BCUT2D eigenvalue weighted by molar-refractivity contribution is 9.10. The molecular weight excluding hydrogens is 314 g/mol. The van der Waals surface area contributed by atoms with Crippen LogP contribution in [-0.2, 0) is 4.79 Å². The van der Waals surface area contributed by atoms with Gasteiger partial charge in [0.2, 0.25) is 5.91 Å². The zero-order valence-corrected chi connectivity index (χ0v) is 12.4. The Balaban J connectivity index is 2.72. The molecule has 6 heteroatoms. The number of carbonyl (C=O) groups is 2. The maximum atomic E-state index is 11.1. The number of hydrogen-bond donors (Lipinski definition) is 2. The summed E-state index contributed by atoms with van der Waals surface area (Å²) in [4.78, 5) is 22.2. The number of carboxylic acid groups (broad SMARTS) is 1. The lowest BCUT2D eigenvalue weighted by Crippen LogP contribution is -2.18. The number of benzene rings is 1. The monoisotopic (exact) mass is 329 g/mol. The van der Waals surface area contributed by atoms with Crippen molar-refractivity contribution < 1.29 is 19.4 Å². The number of carboxylic acids is 1. The second kappa shape index (κ2) is 7.13. The molecule has 0 fully saturated rings. The molecule has 2 N–H and O–H groups in total. The molecule has 1 aromatic rings. The van der Waals surface area contributed by atoms with E-state index in [0.29, 0.717) is 29.7 Å². The molecule has 0 bridgehead atoms. The first-order valence-electron chi connectivity index (χ1n) is 5.82. The summed E-state index contributed by atoms with van der Waals surface area (Å²) in [5, 5.41) is 11.6. The molecule has 1 amide bonds. The number of ether oxygens (including phenoxy) is 1. The van der Waals surface area contributed by atoms with Gasteiger partial charge in [-0.3, -0.25) is 4.79 Å². The maximum Gasteiger partial charge on any atom is 0.339 e. The van der Waals surface area contributed by atoms with Crippen molar-refractivity contribution in [2.75, 3.05) is 13.7 Å². The van der Waals surface area contributed by atoms with Crippen LogP contribution >= 0.6 is 15.9 Å². The molecule has 0 atom stereocenters. The van der Waals surface area contributed by atoms with Crippen molar-refractivity contribution in [2.24, 2.45) is 0 Å². The Morgan fingerprint density at radius 2 is 2.11 bits per heavy atom. The Morgan fingerprint density at radius 3 is 2.68 bits per heavy atom. The van der Waals surface area contributed by atoms with Crippen LogP contribution in [0.4, 0.5) is 0 Å². The van der Waals surface area contributed by atoms with Crippen LogP contribution < -0.4 is 10.1 Å². The number of rotatable bonds is 6. The number of aromatic carboxylic acids is 1. The summed E-state index contributed by atoms with van der Waals surface area (Å²) < 4.78 is 6.19. The van der Waals surface area contributed by atoms with Gasteiger partial charge in [-0.15, -0.1) is 0 Å². The number of halogens is 1. The quantitative estimate of drug-likeness (QED) is 0.785. The molecule has 1 rings (SSSR count). The first-order valence-corrected chi connectivity index (χ1v) is 6.61. The maximum absolute atomic E-state index is 11.1. The van der Waals surface area contributed by atoms with Gasteiger partial charge in [0, 0.05) is 17.9 Å². The lowest BCUT2D eigenvalue weighted by molar-refractivity contribution is -0.120. The summed E-state index contributed by atoms with van der Waals surface area (Å²) in [6.07, 6.45) is 0.892. The van der Waals surface area contributed by atoms with E-state index in [1.165, 1.54) is 6.07 Å². The molecule has 0 unspecified atom stereocenters. The van der Waals surface area contributed by atoms with Crippen LogP contribution in [0.1, 0.15) is 28.8 Å². The zero-order chi connectivity index (χ0) is 14.4. The van der Waals surface area contributed by atoms with Gasteiger partial charge in [0.1, 0.15) is 11.3 Å². The summed E-state index contributed by atoms with van der Waals surface area (Å²) in [6, 6.07) is 3.30. The van der Waals surface area contributed by atoms with E-state index in [2.05, 4.69) is 21.2 Å². The average molecular weight is 330 g/mol. The molecule has 0 heterocycles. The van der Waals surface area contributed by atoms with Gasteiger partial charge in [0.05, 0.1) is 6.61 Å². The highest BCUT2D eigenvalue weighted by atomic mass is 79.9. The number of carbonyl (C=O) groups excluding carboxylic acids is 1. The van der Waals surface area contributed by atoms with Crippen LogP contribution in [0.5, 0.6) is 5.75 Å². The van der Waals surface area contributed by atoms with Gasteiger partial charge in [-0.25, -0.2) is 4.79 Å². The molecule has 1 aromatic carbocycles. The Kier molecular flexibility index (Phi) is 5.82. The summed E-state index contributed by atoms with van der Waals surface area (Å²) in [7, 11) is 1.57. The summed E-state index contributed by atoms with van der Waals surface area (Å²) in [5.74, 6) is -0.743. The fourth-order valence-corrected chi connectivity index (χ4v) is 2.18. The average Bonchev–Trinajstić information content (AvgIpc) is 2.35. The Morgan fingerprint density at radius 1 is 1.42 bits per heavy atom. The van der Waals surface area contributed by atoms with Crippen molar-refractivity contribution in [1.29, 1.82) is 0 Å². The van der Waals surface area contributed by atoms with Crippen LogP contribution in [0, 0.1) is 6.92 Å². The fraction of sp³-hybridized carbons (Fsp3) is 0.385. The fourth-order valence-electron chi connectivity index (χ4n) is 1.61. The van der Waals surface area contributed by atoms with Crippen molar-refractivity contribution in [2.45, 2.75) is 19.8 Å². The van der Waals surface area contributed by atoms with Crippen LogP contribution in [0.2, 0.25) is 0 Å². The number of aryl methyl sites for hydroxylation is 1. The Labute approximate surface area is 120 Å². The van der Waals surface area contributed by atoms with Gasteiger partial charge in [0.15, 0.2) is 0 Å². The van der Waals surface area contributed by atoms with E-state index in [4.69, 9.17) is 9.84 Å². The molecule has 0 radical (unpaired) electrons. The van der Waals surface area contributed by atoms with Crippen LogP contribution in [0.3, 0.4) is 0 Å². The van der Waals surface area contributed by atoms with Crippen LogP contribution in [0.25, 0.3) is 0 Å². The molecule has 0 saturated carbocycles. The SMILES string of the molecule is CNC(=O)CCCOc1c(C)cc(Br)cc1C(=O)O. The minimum atomic E-state index is -1.04. The number of amides is 1. The largest absolute Gasteiger partial charge is 0.492 e. The van der Waals surface area contributed by atoms with Gasteiger partial charge in [-0.2, -0.15) is 0 Å². The predicted octanol–water partition coefficient (Wildman–Crippen LogP) is 2.36.